The van der Waals surface area contributed by atoms with Gasteiger partial charge in [-0.1, -0.05) is 6.42 Å². The molecule has 132 valence electrons. The number of aliphatic hydroxyl groups is 1. The Morgan fingerprint density at radius 1 is 1.33 bits per heavy atom. The van der Waals surface area contributed by atoms with Gasteiger partial charge >= 0.3 is 0 Å². The molecule has 3 aliphatic rings. The molecule has 0 radical (unpaired) electrons. The molecule has 1 aliphatic heterocycles. The normalized spacial score (nSPS) is 30.0. The van der Waals surface area contributed by atoms with Crippen LogP contribution < -0.4 is 5.32 Å². The van der Waals surface area contributed by atoms with Crippen LogP contribution in [0.4, 0.5) is 0 Å². The van der Waals surface area contributed by atoms with Crippen LogP contribution in [0.5, 0.6) is 0 Å². The summed E-state index contributed by atoms with van der Waals surface area (Å²) in [5.41, 5.74) is 1.68. The minimum absolute atomic E-state index is 0.0635. The number of amides is 1. The molecule has 6 nitrogen and oxygen atoms in total. The molecule has 0 bridgehead atoms. The number of carbonyl (C=O) groups excluding carboxylic acids is 1. The van der Waals surface area contributed by atoms with Gasteiger partial charge in [0, 0.05) is 23.9 Å². The Balaban J connectivity index is 1.48. The molecular formula is C18H27N3O3. The van der Waals surface area contributed by atoms with Gasteiger partial charge in [0.05, 0.1) is 23.5 Å². The van der Waals surface area contributed by atoms with E-state index in [1.165, 1.54) is 0 Å². The van der Waals surface area contributed by atoms with Crippen molar-refractivity contribution in [2.24, 2.45) is 5.41 Å². The number of ether oxygens (including phenoxy) is 1. The van der Waals surface area contributed by atoms with Crippen LogP contribution >= 0.6 is 0 Å². The fourth-order valence-electron chi connectivity index (χ4n) is 4.65. The Kier molecular flexibility index (Phi) is 3.73. The smallest absolute Gasteiger partial charge is 0.272 e. The highest BCUT2D eigenvalue weighted by molar-refractivity contribution is 5.94. The third kappa shape index (κ3) is 2.30. The SMILES string of the molecule is C[C@@H]1Cc2c(C(=O)NCC3(C4(O)CCC4)CCC3)n[nH]c2[C@H](C)O1. The van der Waals surface area contributed by atoms with Gasteiger partial charge in [-0.2, -0.15) is 5.10 Å². The maximum absolute atomic E-state index is 12.7. The molecule has 0 saturated heterocycles. The molecule has 1 amide bonds. The van der Waals surface area contributed by atoms with E-state index in [2.05, 4.69) is 15.5 Å². The van der Waals surface area contributed by atoms with Crippen molar-refractivity contribution in [1.82, 2.24) is 15.5 Å². The van der Waals surface area contributed by atoms with Gasteiger partial charge in [-0.15, -0.1) is 0 Å². The summed E-state index contributed by atoms with van der Waals surface area (Å²) in [5, 5.41) is 21.1. The molecule has 2 atom stereocenters. The Morgan fingerprint density at radius 2 is 2.04 bits per heavy atom. The van der Waals surface area contributed by atoms with Crippen molar-refractivity contribution in [1.29, 1.82) is 0 Å². The third-order valence-electron chi connectivity index (χ3n) is 6.51. The predicted molar refractivity (Wildman–Crippen MR) is 88.7 cm³/mol. The minimum Gasteiger partial charge on any atom is -0.389 e. The lowest BCUT2D eigenvalue weighted by Gasteiger charge is -2.57. The van der Waals surface area contributed by atoms with Crippen molar-refractivity contribution in [2.45, 2.75) is 76.6 Å². The van der Waals surface area contributed by atoms with E-state index in [9.17, 15) is 9.90 Å². The first-order valence-electron chi connectivity index (χ1n) is 9.17. The van der Waals surface area contributed by atoms with Crippen LogP contribution in [0.2, 0.25) is 0 Å². The maximum atomic E-state index is 12.7. The first-order valence-corrected chi connectivity index (χ1v) is 9.17. The van der Waals surface area contributed by atoms with Crippen molar-refractivity contribution in [2.75, 3.05) is 6.54 Å². The van der Waals surface area contributed by atoms with Crippen LogP contribution in [-0.4, -0.2) is 39.5 Å². The number of hydrogen-bond donors (Lipinski definition) is 3. The summed E-state index contributed by atoms with van der Waals surface area (Å²) < 4.78 is 5.78. The van der Waals surface area contributed by atoms with E-state index < -0.39 is 5.60 Å². The van der Waals surface area contributed by atoms with E-state index >= 15 is 0 Å². The van der Waals surface area contributed by atoms with E-state index in [-0.39, 0.29) is 23.5 Å². The van der Waals surface area contributed by atoms with Gasteiger partial charge in [-0.25, -0.2) is 0 Å². The molecule has 2 aliphatic carbocycles. The molecular weight excluding hydrogens is 306 g/mol. The summed E-state index contributed by atoms with van der Waals surface area (Å²) in [6.45, 7) is 4.54. The lowest BCUT2D eigenvalue weighted by Crippen LogP contribution is -2.61. The predicted octanol–water partition coefficient (Wildman–Crippen LogP) is 2.25. The van der Waals surface area contributed by atoms with Crippen molar-refractivity contribution >= 4 is 5.91 Å². The summed E-state index contributed by atoms with van der Waals surface area (Å²) >= 11 is 0. The first kappa shape index (κ1) is 16.1. The van der Waals surface area contributed by atoms with Gasteiger partial charge < -0.3 is 15.2 Å². The van der Waals surface area contributed by atoms with Crippen molar-refractivity contribution < 1.29 is 14.6 Å². The number of aromatic nitrogens is 2. The van der Waals surface area contributed by atoms with Crippen LogP contribution in [0.1, 0.15) is 80.2 Å². The van der Waals surface area contributed by atoms with Crippen molar-refractivity contribution in [3.63, 3.8) is 0 Å². The number of rotatable bonds is 4. The Bertz CT molecular complexity index is 646. The Labute approximate surface area is 142 Å². The Morgan fingerprint density at radius 3 is 2.62 bits per heavy atom. The zero-order chi connectivity index (χ0) is 16.9. The van der Waals surface area contributed by atoms with Crippen LogP contribution in [0.3, 0.4) is 0 Å². The fraction of sp³-hybridized carbons (Fsp3) is 0.778. The standard InChI is InChI=1S/C18H27N3O3/c1-11-9-13-14(12(2)24-11)20-21-15(13)16(22)19-10-17(5-3-6-17)18(23)7-4-8-18/h11-12,23H,3-10H2,1-2H3,(H,19,22)(H,20,21)/t11-,12+/m1/s1. The van der Waals surface area contributed by atoms with Gasteiger partial charge in [-0.05, 0) is 46.0 Å². The first-order chi connectivity index (χ1) is 11.4. The van der Waals surface area contributed by atoms with E-state index in [1.54, 1.807) is 0 Å². The molecule has 0 aromatic carbocycles. The second-order valence-corrected chi connectivity index (χ2v) is 7.96. The third-order valence-corrected chi connectivity index (χ3v) is 6.51. The summed E-state index contributed by atoms with van der Waals surface area (Å²) in [6, 6.07) is 0. The zero-order valence-corrected chi connectivity index (χ0v) is 14.5. The molecule has 3 N–H and O–H groups in total. The minimum atomic E-state index is -0.569. The summed E-state index contributed by atoms with van der Waals surface area (Å²) in [5.74, 6) is -0.136. The molecule has 24 heavy (non-hydrogen) atoms. The van der Waals surface area contributed by atoms with Crippen LogP contribution in [0.25, 0.3) is 0 Å². The molecule has 0 unspecified atom stereocenters. The lowest BCUT2D eigenvalue weighted by molar-refractivity contribution is -0.171. The highest BCUT2D eigenvalue weighted by atomic mass is 16.5. The molecule has 6 heteroatoms. The molecule has 0 spiro atoms. The van der Waals surface area contributed by atoms with Gasteiger partial charge in [0.25, 0.3) is 5.91 Å². The second-order valence-electron chi connectivity index (χ2n) is 7.96. The molecule has 2 saturated carbocycles. The molecule has 4 rings (SSSR count). The van der Waals surface area contributed by atoms with Crippen LogP contribution in [-0.2, 0) is 11.2 Å². The number of hydrogen-bond acceptors (Lipinski definition) is 4. The fourth-order valence-corrected chi connectivity index (χ4v) is 4.65. The lowest BCUT2D eigenvalue weighted by atomic mass is 9.52. The van der Waals surface area contributed by atoms with Crippen LogP contribution in [0, 0.1) is 5.41 Å². The number of carbonyl (C=O) groups is 1. The number of nitrogens with one attached hydrogen (secondary N) is 2. The van der Waals surface area contributed by atoms with E-state index in [0.29, 0.717) is 18.7 Å². The highest BCUT2D eigenvalue weighted by Gasteiger charge is 2.56. The van der Waals surface area contributed by atoms with Gasteiger partial charge in [0.1, 0.15) is 0 Å². The zero-order valence-electron chi connectivity index (χ0n) is 14.5. The topological polar surface area (TPSA) is 87.2 Å². The van der Waals surface area contributed by atoms with Crippen molar-refractivity contribution in [3.8, 4) is 0 Å². The molecule has 2 heterocycles. The molecule has 2 fully saturated rings. The summed E-state index contributed by atoms with van der Waals surface area (Å²) in [4.78, 5) is 12.7. The summed E-state index contributed by atoms with van der Waals surface area (Å²) in [6.07, 6.45) is 6.71. The van der Waals surface area contributed by atoms with Gasteiger partial charge in [0.2, 0.25) is 0 Å². The van der Waals surface area contributed by atoms with Gasteiger partial charge in [0.15, 0.2) is 5.69 Å². The number of H-pyrrole nitrogens is 1. The average Bonchev–Trinajstić information content (AvgIpc) is 2.88. The molecule has 1 aromatic heterocycles. The number of fused-ring (bicyclic) bond motifs is 1. The number of aromatic amines is 1. The summed E-state index contributed by atoms with van der Waals surface area (Å²) in [7, 11) is 0. The average molecular weight is 333 g/mol. The number of nitrogens with zero attached hydrogens (tertiary/aromatic N) is 1. The molecule has 1 aromatic rings. The van der Waals surface area contributed by atoms with Crippen molar-refractivity contribution in [3.05, 3.63) is 17.0 Å². The van der Waals surface area contributed by atoms with Gasteiger partial charge in [-0.3, -0.25) is 9.89 Å². The van der Waals surface area contributed by atoms with Crippen LogP contribution in [0.15, 0.2) is 0 Å². The largest absolute Gasteiger partial charge is 0.389 e. The van der Waals surface area contributed by atoms with E-state index in [0.717, 1.165) is 49.8 Å². The quantitative estimate of drug-likeness (QED) is 0.789. The van der Waals surface area contributed by atoms with E-state index in [1.807, 2.05) is 13.8 Å². The monoisotopic (exact) mass is 333 g/mol. The second kappa shape index (κ2) is 5.56. The highest BCUT2D eigenvalue weighted by Crippen LogP contribution is 2.56. The maximum Gasteiger partial charge on any atom is 0.272 e. The Hall–Kier alpha value is -1.40. The van der Waals surface area contributed by atoms with E-state index in [4.69, 9.17) is 4.74 Å².